The van der Waals surface area contributed by atoms with Crippen LogP contribution in [-0.4, -0.2) is 39.3 Å². The molecule has 0 bridgehead atoms. The van der Waals surface area contributed by atoms with Gasteiger partial charge in [-0.05, 0) is 18.8 Å². The van der Waals surface area contributed by atoms with Crippen LogP contribution in [0.15, 0.2) is 4.99 Å². The summed E-state index contributed by atoms with van der Waals surface area (Å²) in [5, 5.41) is 0. The summed E-state index contributed by atoms with van der Waals surface area (Å²) in [6, 6.07) is 0. The second kappa shape index (κ2) is 5.19. The summed E-state index contributed by atoms with van der Waals surface area (Å²) in [6.45, 7) is 1.23. The largest absolute Gasteiger partial charge is 0.385 e. The van der Waals surface area contributed by atoms with E-state index in [1.807, 2.05) is 0 Å². The first-order valence-electron chi connectivity index (χ1n) is 4.61. The van der Waals surface area contributed by atoms with E-state index in [1.54, 1.807) is 14.2 Å². The Morgan fingerprint density at radius 1 is 1.54 bits per heavy atom. The fourth-order valence-electron chi connectivity index (χ4n) is 1.31. The number of methoxy groups -OCH3 is 2. The molecule has 76 valence electrons. The van der Waals surface area contributed by atoms with Gasteiger partial charge in [-0.15, -0.1) is 0 Å². The Balaban J connectivity index is 2.33. The lowest BCUT2D eigenvalue weighted by Crippen LogP contribution is -2.32. The van der Waals surface area contributed by atoms with E-state index in [1.165, 1.54) is 12.8 Å². The van der Waals surface area contributed by atoms with Crippen LogP contribution in [0.25, 0.3) is 0 Å². The van der Waals surface area contributed by atoms with E-state index in [2.05, 4.69) is 4.99 Å². The number of aliphatic imine (C=N–C) groups is 1. The fraction of sp³-hybridized carbons (Fsp3) is 0.889. The normalized spacial score (nSPS) is 20.3. The third-order valence-corrected chi connectivity index (χ3v) is 2.19. The molecule has 0 radical (unpaired) electrons. The van der Waals surface area contributed by atoms with Gasteiger partial charge >= 0.3 is 0 Å². The molecule has 13 heavy (non-hydrogen) atoms. The number of nitrogens with zero attached hydrogens (tertiary/aromatic N) is 1. The van der Waals surface area contributed by atoms with Crippen molar-refractivity contribution in [3.05, 3.63) is 0 Å². The lowest BCUT2D eigenvalue weighted by atomic mass is 10.2. The number of nitrogens with two attached hydrogens (primary N) is 1. The van der Waals surface area contributed by atoms with Crippen molar-refractivity contribution in [3.63, 3.8) is 0 Å². The Morgan fingerprint density at radius 3 is 2.69 bits per heavy atom. The molecule has 4 nitrogen and oxygen atoms in total. The minimum Gasteiger partial charge on any atom is -0.385 e. The molecule has 1 fully saturated rings. The van der Waals surface area contributed by atoms with Crippen molar-refractivity contribution >= 4 is 5.84 Å². The lowest BCUT2D eigenvalue weighted by molar-refractivity contribution is 0.136. The third-order valence-electron chi connectivity index (χ3n) is 2.19. The minimum atomic E-state index is 0.0249. The molecule has 1 atom stereocenters. The summed E-state index contributed by atoms with van der Waals surface area (Å²) in [6.07, 6.45) is 2.44. The fourth-order valence-corrected chi connectivity index (χ4v) is 1.31. The van der Waals surface area contributed by atoms with Gasteiger partial charge in [-0.3, -0.25) is 4.99 Å². The Morgan fingerprint density at radius 2 is 2.23 bits per heavy atom. The van der Waals surface area contributed by atoms with Crippen molar-refractivity contribution in [3.8, 4) is 0 Å². The summed E-state index contributed by atoms with van der Waals surface area (Å²) in [5.41, 5.74) is 5.78. The molecule has 4 heteroatoms. The average molecular weight is 186 g/mol. The summed E-state index contributed by atoms with van der Waals surface area (Å²) in [4.78, 5) is 4.19. The Labute approximate surface area is 79.1 Å². The molecular weight excluding hydrogens is 168 g/mol. The molecule has 1 aliphatic rings. The zero-order chi connectivity index (χ0) is 9.68. The summed E-state index contributed by atoms with van der Waals surface area (Å²) >= 11 is 0. The molecule has 0 saturated heterocycles. The SMILES string of the molecule is COCCN=C(N)C(OC)C1CC1. The first kappa shape index (κ1) is 10.5. The second-order valence-corrected chi connectivity index (χ2v) is 3.29. The molecule has 0 aromatic rings. The summed E-state index contributed by atoms with van der Waals surface area (Å²) in [5.74, 6) is 1.21. The van der Waals surface area contributed by atoms with Crippen LogP contribution in [0.1, 0.15) is 12.8 Å². The second-order valence-electron chi connectivity index (χ2n) is 3.29. The van der Waals surface area contributed by atoms with Crippen molar-refractivity contribution < 1.29 is 9.47 Å². The number of ether oxygens (including phenoxy) is 2. The predicted molar refractivity (Wildman–Crippen MR) is 51.9 cm³/mol. The predicted octanol–water partition coefficient (Wildman–Crippen LogP) is 0.415. The first-order chi connectivity index (χ1) is 6.29. The van der Waals surface area contributed by atoms with Gasteiger partial charge < -0.3 is 15.2 Å². The molecule has 1 aliphatic carbocycles. The van der Waals surface area contributed by atoms with Crippen LogP contribution in [-0.2, 0) is 9.47 Å². The van der Waals surface area contributed by atoms with Crippen molar-refractivity contribution in [1.82, 2.24) is 0 Å². The van der Waals surface area contributed by atoms with Gasteiger partial charge in [0.15, 0.2) is 0 Å². The highest BCUT2D eigenvalue weighted by atomic mass is 16.5. The van der Waals surface area contributed by atoms with Crippen molar-refractivity contribution in [2.24, 2.45) is 16.6 Å². The zero-order valence-electron chi connectivity index (χ0n) is 8.32. The molecule has 0 aromatic heterocycles. The molecule has 0 aromatic carbocycles. The van der Waals surface area contributed by atoms with E-state index >= 15 is 0 Å². The number of amidine groups is 1. The van der Waals surface area contributed by atoms with Gasteiger partial charge in [0.1, 0.15) is 11.9 Å². The quantitative estimate of drug-likeness (QED) is 0.371. The van der Waals surface area contributed by atoms with E-state index in [0.29, 0.717) is 24.9 Å². The molecule has 1 unspecified atom stereocenters. The van der Waals surface area contributed by atoms with Crippen molar-refractivity contribution in [1.29, 1.82) is 0 Å². The minimum absolute atomic E-state index is 0.0249. The molecule has 1 rings (SSSR count). The highest BCUT2D eigenvalue weighted by Gasteiger charge is 2.33. The third kappa shape index (κ3) is 3.32. The average Bonchev–Trinajstić information content (AvgIpc) is 2.90. The smallest absolute Gasteiger partial charge is 0.123 e. The zero-order valence-corrected chi connectivity index (χ0v) is 8.32. The monoisotopic (exact) mass is 186 g/mol. The molecule has 0 aliphatic heterocycles. The maximum absolute atomic E-state index is 5.78. The molecular formula is C9H18N2O2. The number of hydrogen-bond acceptors (Lipinski definition) is 3. The maximum Gasteiger partial charge on any atom is 0.123 e. The van der Waals surface area contributed by atoms with Crippen LogP contribution in [0, 0.1) is 5.92 Å². The summed E-state index contributed by atoms with van der Waals surface area (Å²) in [7, 11) is 3.34. The number of hydrogen-bond donors (Lipinski definition) is 1. The standard InChI is InChI=1S/C9H18N2O2/c1-12-6-5-11-9(10)8(13-2)7-3-4-7/h7-8H,3-6H2,1-2H3,(H2,10,11). The Hall–Kier alpha value is -0.610. The van der Waals surface area contributed by atoms with E-state index < -0.39 is 0 Å². The number of rotatable bonds is 6. The molecule has 0 spiro atoms. The van der Waals surface area contributed by atoms with Crippen molar-refractivity contribution in [2.75, 3.05) is 27.4 Å². The molecule has 0 amide bonds. The van der Waals surface area contributed by atoms with Crippen LogP contribution < -0.4 is 5.73 Å². The van der Waals surface area contributed by atoms with Crippen LogP contribution in [0.5, 0.6) is 0 Å². The van der Waals surface area contributed by atoms with Gasteiger partial charge in [-0.2, -0.15) is 0 Å². The molecule has 2 N–H and O–H groups in total. The molecule has 0 heterocycles. The van der Waals surface area contributed by atoms with E-state index in [9.17, 15) is 0 Å². The van der Waals surface area contributed by atoms with Gasteiger partial charge in [0, 0.05) is 14.2 Å². The topological polar surface area (TPSA) is 56.8 Å². The van der Waals surface area contributed by atoms with Gasteiger partial charge in [0.25, 0.3) is 0 Å². The van der Waals surface area contributed by atoms with Gasteiger partial charge in [0.2, 0.25) is 0 Å². The van der Waals surface area contributed by atoms with E-state index in [0.717, 1.165) is 0 Å². The highest BCUT2D eigenvalue weighted by molar-refractivity contribution is 5.85. The van der Waals surface area contributed by atoms with Gasteiger partial charge in [-0.25, -0.2) is 0 Å². The highest BCUT2D eigenvalue weighted by Crippen LogP contribution is 2.34. The molecule has 1 saturated carbocycles. The Bertz CT molecular complexity index is 178. The van der Waals surface area contributed by atoms with Crippen LogP contribution in [0.2, 0.25) is 0 Å². The Kier molecular flexibility index (Phi) is 4.18. The summed E-state index contributed by atoms with van der Waals surface area (Å²) < 4.78 is 10.1. The first-order valence-corrected chi connectivity index (χ1v) is 4.61. The van der Waals surface area contributed by atoms with Gasteiger partial charge in [0.05, 0.1) is 13.2 Å². The van der Waals surface area contributed by atoms with E-state index in [-0.39, 0.29) is 6.10 Å². The van der Waals surface area contributed by atoms with Crippen LogP contribution >= 0.6 is 0 Å². The van der Waals surface area contributed by atoms with E-state index in [4.69, 9.17) is 15.2 Å². The maximum atomic E-state index is 5.78. The van der Waals surface area contributed by atoms with Crippen LogP contribution in [0.3, 0.4) is 0 Å². The van der Waals surface area contributed by atoms with Crippen molar-refractivity contribution in [2.45, 2.75) is 18.9 Å². The van der Waals surface area contributed by atoms with Gasteiger partial charge in [-0.1, -0.05) is 0 Å². The van der Waals surface area contributed by atoms with Crippen LogP contribution in [0.4, 0.5) is 0 Å². The lowest BCUT2D eigenvalue weighted by Gasteiger charge is -2.13.